The summed E-state index contributed by atoms with van der Waals surface area (Å²) in [4.78, 5) is 11.4. The number of nitrogens with one attached hydrogen (secondary N) is 1. The zero-order valence-corrected chi connectivity index (χ0v) is 14.0. The summed E-state index contributed by atoms with van der Waals surface area (Å²) in [6, 6.07) is 7.62. The molecule has 1 fully saturated rings. The molecular formula is C17H25NO4S. The van der Waals surface area contributed by atoms with Crippen molar-refractivity contribution in [2.45, 2.75) is 55.1 Å². The van der Waals surface area contributed by atoms with Gasteiger partial charge in [-0.3, -0.25) is 0 Å². The molecule has 128 valence electrons. The van der Waals surface area contributed by atoms with Crippen molar-refractivity contribution < 1.29 is 20.1 Å². The van der Waals surface area contributed by atoms with Crippen LogP contribution in [0.15, 0.2) is 29.2 Å². The van der Waals surface area contributed by atoms with Crippen molar-refractivity contribution >= 4 is 17.9 Å². The van der Waals surface area contributed by atoms with Crippen LogP contribution in [0, 0.1) is 0 Å². The summed E-state index contributed by atoms with van der Waals surface area (Å²) >= 11 is 1.62. The van der Waals surface area contributed by atoms with Crippen LogP contribution in [-0.2, 0) is 0 Å². The smallest absolute Gasteiger partial charge is 0.404 e. The van der Waals surface area contributed by atoms with E-state index in [1.807, 2.05) is 24.3 Å². The van der Waals surface area contributed by atoms with Crippen molar-refractivity contribution in [1.82, 2.24) is 5.32 Å². The highest BCUT2D eigenvalue weighted by Gasteiger charge is 2.29. The third kappa shape index (κ3) is 6.05. The summed E-state index contributed by atoms with van der Waals surface area (Å²) < 4.78 is 0. The lowest BCUT2D eigenvalue weighted by Crippen LogP contribution is -2.33. The summed E-state index contributed by atoms with van der Waals surface area (Å²) in [5.41, 5.74) is 0.209. The fourth-order valence-electron chi connectivity index (χ4n) is 2.87. The van der Waals surface area contributed by atoms with Gasteiger partial charge >= 0.3 is 6.09 Å². The quantitative estimate of drug-likeness (QED) is 0.573. The average molecular weight is 339 g/mol. The van der Waals surface area contributed by atoms with Crippen LogP contribution in [0.2, 0.25) is 0 Å². The summed E-state index contributed by atoms with van der Waals surface area (Å²) in [6.45, 7) is 0.216. The molecule has 0 radical (unpaired) electrons. The lowest BCUT2D eigenvalue weighted by atomic mass is 9.86. The van der Waals surface area contributed by atoms with Gasteiger partial charge in [-0.2, -0.15) is 0 Å². The van der Waals surface area contributed by atoms with Gasteiger partial charge in [-0.1, -0.05) is 31.4 Å². The van der Waals surface area contributed by atoms with Gasteiger partial charge in [0.2, 0.25) is 0 Å². The Hall–Kier alpha value is -1.24. The predicted octanol–water partition coefficient (Wildman–Crippen LogP) is 3.17. The number of aliphatic hydroxyl groups is 2. The number of hydrogen-bond acceptors (Lipinski definition) is 4. The zero-order valence-electron chi connectivity index (χ0n) is 13.2. The Labute approximate surface area is 141 Å². The second kappa shape index (κ2) is 8.57. The standard InChI is InChI=1S/C17H25NO4S/c19-15(7-10-18-16(20)21)13-5-4-6-14(11-13)23-12-17(22)8-2-1-3-9-17/h4-6,11,15,18-19,22H,1-3,7-10,12H2,(H,20,21). The Morgan fingerprint density at radius 1 is 1.30 bits per heavy atom. The van der Waals surface area contributed by atoms with E-state index < -0.39 is 17.8 Å². The van der Waals surface area contributed by atoms with Crippen LogP contribution in [-0.4, -0.2) is 39.3 Å². The van der Waals surface area contributed by atoms with Crippen molar-refractivity contribution in [3.05, 3.63) is 29.8 Å². The van der Waals surface area contributed by atoms with Gasteiger partial charge < -0.3 is 20.6 Å². The lowest BCUT2D eigenvalue weighted by Gasteiger charge is -2.31. The van der Waals surface area contributed by atoms with E-state index in [1.54, 1.807) is 11.8 Å². The first-order valence-corrected chi connectivity index (χ1v) is 9.07. The van der Waals surface area contributed by atoms with E-state index in [1.165, 1.54) is 6.42 Å². The number of carboxylic acid groups (broad SMARTS) is 1. The summed E-state index contributed by atoms with van der Waals surface area (Å²) in [5, 5.41) is 31.5. The van der Waals surface area contributed by atoms with Gasteiger partial charge in [0.15, 0.2) is 0 Å². The highest BCUT2D eigenvalue weighted by molar-refractivity contribution is 7.99. The molecule has 1 atom stereocenters. The van der Waals surface area contributed by atoms with Crippen LogP contribution in [0.4, 0.5) is 4.79 Å². The van der Waals surface area contributed by atoms with Crippen LogP contribution in [0.5, 0.6) is 0 Å². The number of amides is 1. The molecule has 1 saturated carbocycles. The topological polar surface area (TPSA) is 89.8 Å². The molecular weight excluding hydrogens is 314 g/mol. The molecule has 1 aromatic rings. The first kappa shape index (κ1) is 18.1. The van der Waals surface area contributed by atoms with Crippen LogP contribution in [0.1, 0.15) is 50.2 Å². The minimum absolute atomic E-state index is 0.216. The predicted molar refractivity (Wildman–Crippen MR) is 90.8 cm³/mol. The van der Waals surface area contributed by atoms with E-state index in [2.05, 4.69) is 5.32 Å². The number of thioether (sulfide) groups is 1. The fourth-order valence-corrected chi connectivity index (χ4v) is 3.98. The van der Waals surface area contributed by atoms with Gasteiger partial charge in [0.05, 0.1) is 11.7 Å². The highest BCUT2D eigenvalue weighted by Crippen LogP contribution is 2.34. The maximum atomic E-state index is 10.5. The monoisotopic (exact) mass is 339 g/mol. The first-order valence-electron chi connectivity index (χ1n) is 8.08. The highest BCUT2D eigenvalue weighted by atomic mass is 32.2. The van der Waals surface area contributed by atoms with Gasteiger partial charge in [0, 0.05) is 17.2 Å². The summed E-state index contributed by atoms with van der Waals surface area (Å²) in [7, 11) is 0. The van der Waals surface area contributed by atoms with Crippen LogP contribution < -0.4 is 5.32 Å². The maximum Gasteiger partial charge on any atom is 0.404 e. The molecule has 1 amide bonds. The molecule has 0 spiro atoms. The normalized spacial score (nSPS) is 18.3. The molecule has 5 nitrogen and oxygen atoms in total. The van der Waals surface area contributed by atoms with Crippen molar-refractivity contribution in [2.75, 3.05) is 12.3 Å². The SMILES string of the molecule is O=C(O)NCCC(O)c1cccc(SCC2(O)CCCCC2)c1. The molecule has 0 saturated heterocycles. The third-order valence-electron chi connectivity index (χ3n) is 4.23. The van der Waals surface area contributed by atoms with E-state index in [0.717, 1.165) is 36.1 Å². The number of carbonyl (C=O) groups is 1. The van der Waals surface area contributed by atoms with Crippen LogP contribution in [0.3, 0.4) is 0 Å². The number of benzene rings is 1. The van der Waals surface area contributed by atoms with Crippen LogP contribution in [0.25, 0.3) is 0 Å². The van der Waals surface area contributed by atoms with E-state index >= 15 is 0 Å². The largest absolute Gasteiger partial charge is 0.465 e. The van der Waals surface area contributed by atoms with Gasteiger partial charge in [0.25, 0.3) is 0 Å². The van der Waals surface area contributed by atoms with Gasteiger partial charge in [0.1, 0.15) is 0 Å². The summed E-state index contributed by atoms with van der Waals surface area (Å²) in [5.74, 6) is 0.674. The van der Waals surface area contributed by atoms with E-state index in [0.29, 0.717) is 12.2 Å². The van der Waals surface area contributed by atoms with Gasteiger partial charge in [-0.15, -0.1) is 11.8 Å². The molecule has 4 N–H and O–H groups in total. The minimum atomic E-state index is -1.08. The maximum absolute atomic E-state index is 10.5. The van der Waals surface area contributed by atoms with Crippen LogP contribution >= 0.6 is 11.8 Å². The number of rotatable bonds is 7. The number of aliphatic hydroxyl groups excluding tert-OH is 1. The minimum Gasteiger partial charge on any atom is -0.465 e. The Morgan fingerprint density at radius 2 is 2.04 bits per heavy atom. The summed E-state index contributed by atoms with van der Waals surface area (Å²) in [6.07, 6.45) is 3.68. The van der Waals surface area contributed by atoms with E-state index in [4.69, 9.17) is 5.11 Å². The second-order valence-electron chi connectivity index (χ2n) is 6.18. The molecule has 1 aliphatic carbocycles. The molecule has 6 heteroatoms. The molecule has 2 rings (SSSR count). The third-order valence-corrected chi connectivity index (χ3v) is 5.50. The molecule has 0 aliphatic heterocycles. The molecule has 1 aromatic carbocycles. The van der Waals surface area contributed by atoms with Crippen molar-refractivity contribution in [3.8, 4) is 0 Å². The molecule has 1 aliphatic rings. The zero-order chi connectivity index (χ0) is 16.7. The van der Waals surface area contributed by atoms with Crippen molar-refractivity contribution in [3.63, 3.8) is 0 Å². The Kier molecular flexibility index (Phi) is 6.74. The molecule has 0 heterocycles. The van der Waals surface area contributed by atoms with Crippen molar-refractivity contribution in [2.24, 2.45) is 0 Å². The molecule has 0 bridgehead atoms. The fraction of sp³-hybridized carbons (Fsp3) is 0.588. The van der Waals surface area contributed by atoms with E-state index in [9.17, 15) is 15.0 Å². The molecule has 1 unspecified atom stereocenters. The Bertz CT molecular complexity index is 517. The van der Waals surface area contributed by atoms with Gasteiger partial charge in [-0.25, -0.2) is 4.79 Å². The second-order valence-corrected chi connectivity index (χ2v) is 7.23. The van der Waals surface area contributed by atoms with Gasteiger partial charge in [-0.05, 0) is 37.0 Å². The first-order chi connectivity index (χ1) is 11.0. The average Bonchev–Trinajstić information content (AvgIpc) is 2.54. The lowest BCUT2D eigenvalue weighted by molar-refractivity contribution is 0.0273. The number of hydrogen-bond donors (Lipinski definition) is 4. The Morgan fingerprint density at radius 3 is 2.74 bits per heavy atom. The molecule has 23 heavy (non-hydrogen) atoms. The molecule has 0 aromatic heterocycles. The Balaban J connectivity index is 1.87. The van der Waals surface area contributed by atoms with E-state index in [-0.39, 0.29) is 6.54 Å². The van der Waals surface area contributed by atoms with Crippen molar-refractivity contribution in [1.29, 1.82) is 0 Å².